The molecule has 0 radical (unpaired) electrons. The quantitative estimate of drug-likeness (QED) is 0.886. The van der Waals surface area contributed by atoms with Gasteiger partial charge in [0.25, 0.3) is 0 Å². The predicted octanol–water partition coefficient (Wildman–Crippen LogP) is 2.74. The zero-order valence-electron chi connectivity index (χ0n) is 12.4. The predicted molar refractivity (Wildman–Crippen MR) is 79.5 cm³/mol. The molecule has 2 rings (SSSR count). The summed E-state index contributed by atoms with van der Waals surface area (Å²) in [5.41, 5.74) is 1.82. The summed E-state index contributed by atoms with van der Waals surface area (Å²) in [5.74, 6) is 0.154. The molecule has 19 heavy (non-hydrogen) atoms. The van der Waals surface area contributed by atoms with Crippen LogP contribution >= 0.6 is 0 Å². The Morgan fingerprint density at radius 3 is 2.53 bits per heavy atom. The van der Waals surface area contributed by atoms with Gasteiger partial charge in [-0.1, -0.05) is 19.1 Å². The molecule has 1 aliphatic heterocycles. The molecule has 1 unspecified atom stereocenters. The number of hydrogen-bond acceptors (Lipinski definition) is 2. The van der Waals surface area contributed by atoms with Crippen LogP contribution in [-0.4, -0.2) is 24.0 Å². The van der Waals surface area contributed by atoms with Gasteiger partial charge in [0.2, 0.25) is 5.91 Å². The van der Waals surface area contributed by atoms with Crippen molar-refractivity contribution in [3.8, 4) is 0 Å². The van der Waals surface area contributed by atoms with Gasteiger partial charge in [-0.3, -0.25) is 4.79 Å². The number of carbonyl (C=O) groups is 1. The van der Waals surface area contributed by atoms with E-state index in [-0.39, 0.29) is 11.9 Å². The molecule has 1 saturated heterocycles. The summed E-state index contributed by atoms with van der Waals surface area (Å²) in [6.07, 6.45) is 2.00. The first-order valence-corrected chi connectivity index (χ1v) is 7.13. The number of nitrogens with zero attached hydrogens (tertiary/aromatic N) is 1. The minimum absolute atomic E-state index is 0.154. The molecule has 1 aromatic carbocycles. The van der Waals surface area contributed by atoms with Gasteiger partial charge in [0.1, 0.15) is 0 Å². The van der Waals surface area contributed by atoms with Crippen LogP contribution in [0.15, 0.2) is 24.3 Å². The van der Waals surface area contributed by atoms with Crippen molar-refractivity contribution in [2.75, 3.05) is 11.4 Å². The maximum Gasteiger partial charge on any atom is 0.246 e. The fraction of sp³-hybridized carbons (Fsp3) is 0.562. The number of nitrogens with one attached hydrogen (secondary N) is 1. The number of carbonyl (C=O) groups excluding carboxylic acids is 1. The zero-order valence-corrected chi connectivity index (χ0v) is 12.4. The molecule has 0 aliphatic carbocycles. The Labute approximate surface area is 116 Å². The second kappa shape index (κ2) is 5.33. The van der Waals surface area contributed by atoms with E-state index in [1.54, 1.807) is 0 Å². The summed E-state index contributed by atoms with van der Waals surface area (Å²) in [5, 5.41) is 3.33. The van der Waals surface area contributed by atoms with E-state index in [1.165, 1.54) is 5.56 Å². The highest BCUT2D eigenvalue weighted by Gasteiger charge is 2.37. The van der Waals surface area contributed by atoms with Crippen LogP contribution in [0, 0.1) is 0 Å². The number of amides is 1. The third kappa shape index (κ3) is 2.81. The Hall–Kier alpha value is -1.35. The van der Waals surface area contributed by atoms with Gasteiger partial charge in [0, 0.05) is 11.7 Å². The molecule has 1 heterocycles. The Bertz CT molecular complexity index is 450. The fourth-order valence-electron chi connectivity index (χ4n) is 2.56. The average molecular weight is 260 g/mol. The Morgan fingerprint density at radius 1 is 1.32 bits per heavy atom. The minimum atomic E-state index is -0.492. The van der Waals surface area contributed by atoms with Gasteiger partial charge in [0.15, 0.2) is 0 Å². The second-order valence-electron chi connectivity index (χ2n) is 5.88. The van der Waals surface area contributed by atoms with Crippen LogP contribution in [-0.2, 0) is 11.2 Å². The van der Waals surface area contributed by atoms with E-state index in [1.807, 2.05) is 18.7 Å². The van der Waals surface area contributed by atoms with Gasteiger partial charge in [0.05, 0.1) is 5.54 Å². The second-order valence-corrected chi connectivity index (χ2v) is 5.88. The summed E-state index contributed by atoms with van der Waals surface area (Å²) < 4.78 is 0. The smallest absolute Gasteiger partial charge is 0.246 e. The van der Waals surface area contributed by atoms with Crippen LogP contribution in [0.5, 0.6) is 0 Å². The standard InChI is InChI=1S/C16H24N2O/c1-5-13-6-8-14(9-7-13)18-12(2)10-11-17-16(3,4)15(18)19/h6-9,12,17H,5,10-11H2,1-4H3. The van der Waals surface area contributed by atoms with E-state index in [0.717, 1.165) is 25.1 Å². The molecule has 1 aliphatic rings. The lowest BCUT2D eigenvalue weighted by molar-refractivity contribution is -0.123. The zero-order chi connectivity index (χ0) is 14.0. The molecule has 3 nitrogen and oxygen atoms in total. The van der Waals surface area contributed by atoms with Gasteiger partial charge in [-0.2, -0.15) is 0 Å². The van der Waals surface area contributed by atoms with Crippen molar-refractivity contribution in [2.45, 2.75) is 52.1 Å². The maximum absolute atomic E-state index is 12.7. The Kier molecular flexibility index (Phi) is 3.95. The number of hydrogen-bond donors (Lipinski definition) is 1. The highest BCUT2D eigenvalue weighted by molar-refractivity contribution is 6.00. The van der Waals surface area contributed by atoms with Crippen molar-refractivity contribution in [1.82, 2.24) is 5.32 Å². The third-order valence-electron chi connectivity index (χ3n) is 3.95. The minimum Gasteiger partial charge on any atom is -0.308 e. The van der Waals surface area contributed by atoms with Crippen molar-refractivity contribution in [3.63, 3.8) is 0 Å². The van der Waals surface area contributed by atoms with Crippen LogP contribution < -0.4 is 10.2 Å². The fourth-order valence-corrected chi connectivity index (χ4v) is 2.56. The molecule has 0 aromatic heterocycles. The van der Waals surface area contributed by atoms with E-state index < -0.39 is 5.54 Å². The highest BCUT2D eigenvalue weighted by Crippen LogP contribution is 2.25. The van der Waals surface area contributed by atoms with Crippen molar-refractivity contribution >= 4 is 11.6 Å². The summed E-state index contributed by atoms with van der Waals surface area (Å²) in [6.45, 7) is 9.06. The Morgan fingerprint density at radius 2 is 1.95 bits per heavy atom. The van der Waals surface area contributed by atoms with Crippen molar-refractivity contribution in [1.29, 1.82) is 0 Å². The van der Waals surface area contributed by atoms with Crippen LogP contribution in [0.4, 0.5) is 5.69 Å². The lowest BCUT2D eigenvalue weighted by atomic mass is 10.0. The molecule has 1 atom stereocenters. The normalized spacial score (nSPS) is 23.3. The van der Waals surface area contributed by atoms with Gasteiger partial charge in [-0.25, -0.2) is 0 Å². The molecular weight excluding hydrogens is 236 g/mol. The van der Waals surface area contributed by atoms with Crippen LogP contribution in [0.3, 0.4) is 0 Å². The first kappa shape index (κ1) is 14.1. The van der Waals surface area contributed by atoms with Crippen molar-refractivity contribution in [3.05, 3.63) is 29.8 Å². The molecule has 1 aromatic rings. The van der Waals surface area contributed by atoms with Crippen LogP contribution in [0.1, 0.15) is 39.7 Å². The molecular formula is C16H24N2O. The molecule has 0 spiro atoms. The lowest BCUT2D eigenvalue weighted by Crippen LogP contribution is -2.53. The van der Waals surface area contributed by atoms with Crippen molar-refractivity contribution < 1.29 is 4.79 Å². The van der Waals surface area contributed by atoms with E-state index in [0.29, 0.717) is 0 Å². The van der Waals surface area contributed by atoms with E-state index >= 15 is 0 Å². The molecule has 1 N–H and O–H groups in total. The van der Waals surface area contributed by atoms with E-state index in [2.05, 4.69) is 43.4 Å². The molecule has 104 valence electrons. The molecule has 0 saturated carbocycles. The third-order valence-corrected chi connectivity index (χ3v) is 3.95. The summed E-state index contributed by atoms with van der Waals surface area (Å²) in [7, 11) is 0. The molecule has 3 heteroatoms. The SMILES string of the molecule is CCc1ccc(N2C(=O)C(C)(C)NCCC2C)cc1. The number of anilines is 1. The van der Waals surface area contributed by atoms with Crippen molar-refractivity contribution in [2.24, 2.45) is 0 Å². The summed E-state index contributed by atoms with van der Waals surface area (Å²) in [4.78, 5) is 14.6. The maximum atomic E-state index is 12.7. The number of benzene rings is 1. The van der Waals surface area contributed by atoms with E-state index in [9.17, 15) is 4.79 Å². The largest absolute Gasteiger partial charge is 0.308 e. The topological polar surface area (TPSA) is 32.3 Å². The van der Waals surface area contributed by atoms with Gasteiger partial charge < -0.3 is 10.2 Å². The number of aryl methyl sites for hydroxylation is 1. The Balaban J connectivity index is 2.35. The van der Waals surface area contributed by atoms with Crippen LogP contribution in [0.2, 0.25) is 0 Å². The summed E-state index contributed by atoms with van der Waals surface area (Å²) >= 11 is 0. The first-order chi connectivity index (χ1) is 8.95. The van der Waals surface area contributed by atoms with Crippen LogP contribution in [0.25, 0.3) is 0 Å². The van der Waals surface area contributed by atoms with Gasteiger partial charge >= 0.3 is 0 Å². The first-order valence-electron chi connectivity index (χ1n) is 7.13. The van der Waals surface area contributed by atoms with E-state index in [4.69, 9.17) is 0 Å². The molecule has 0 bridgehead atoms. The molecule has 1 amide bonds. The summed E-state index contributed by atoms with van der Waals surface area (Å²) in [6, 6.07) is 8.58. The van der Waals surface area contributed by atoms with Gasteiger partial charge in [-0.15, -0.1) is 0 Å². The monoisotopic (exact) mass is 260 g/mol. The lowest BCUT2D eigenvalue weighted by Gasteiger charge is -2.32. The average Bonchev–Trinajstić information content (AvgIpc) is 2.48. The van der Waals surface area contributed by atoms with Gasteiger partial charge in [-0.05, 0) is 57.9 Å². The highest BCUT2D eigenvalue weighted by atomic mass is 16.2. The number of rotatable bonds is 2. The molecule has 1 fully saturated rings.